The Bertz CT molecular complexity index is 433. The predicted molar refractivity (Wildman–Crippen MR) is 45.3 cm³/mol. The zero-order valence-electron chi connectivity index (χ0n) is 5.98. The number of sulfone groups is 1. The van der Waals surface area contributed by atoms with Crippen molar-refractivity contribution in [1.82, 2.24) is 19.2 Å². The predicted octanol–water partition coefficient (Wildman–Crippen LogP) is 0.222. The van der Waals surface area contributed by atoms with Crippen LogP contribution in [0.1, 0.15) is 0 Å². The number of aromatic nitrogens is 4. The van der Waals surface area contributed by atoms with Crippen LogP contribution in [0.25, 0.3) is 0 Å². The summed E-state index contributed by atoms with van der Waals surface area (Å²) in [7, 11) is -3.58. The van der Waals surface area contributed by atoms with Crippen LogP contribution in [0.15, 0.2) is 20.8 Å². The molecule has 0 atom stereocenters. The molecular formula is C4H2N4O2S3. The van der Waals surface area contributed by atoms with Crippen molar-refractivity contribution in [3.05, 3.63) is 10.8 Å². The highest BCUT2D eigenvalue weighted by Crippen LogP contribution is 2.17. The van der Waals surface area contributed by atoms with Gasteiger partial charge in [-0.05, 0) is 23.1 Å². The Morgan fingerprint density at radius 3 is 1.77 bits per heavy atom. The molecule has 6 nitrogen and oxygen atoms in total. The number of nitrogens with zero attached hydrogens (tertiary/aromatic N) is 4. The molecule has 0 unspecified atom stereocenters. The summed E-state index contributed by atoms with van der Waals surface area (Å²) >= 11 is 1.96. The highest BCUT2D eigenvalue weighted by atomic mass is 32.2. The zero-order chi connectivity index (χ0) is 9.31. The van der Waals surface area contributed by atoms with Crippen LogP contribution in [0, 0.1) is 0 Å². The molecule has 0 N–H and O–H groups in total. The monoisotopic (exact) mass is 234 g/mol. The molecule has 9 heteroatoms. The van der Waals surface area contributed by atoms with Crippen molar-refractivity contribution in [2.75, 3.05) is 0 Å². The molecule has 0 fully saturated rings. The molecule has 2 rings (SSSR count). The summed E-state index contributed by atoms with van der Waals surface area (Å²) in [4.78, 5) is 0. The van der Waals surface area contributed by atoms with E-state index in [0.29, 0.717) is 0 Å². The topological polar surface area (TPSA) is 85.7 Å². The fourth-order valence-corrected chi connectivity index (χ4v) is 3.18. The van der Waals surface area contributed by atoms with Crippen LogP contribution in [0.5, 0.6) is 0 Å². The highest BCUT2D eigenvalue weighted by Gasteiger charge is 2.23. The van der Waals surface area contributed by atoms with Crippen molar-refractivity contribution >= 4 is 32.9 Å². The molecule has 2 heterocycles. The van der Waals surface area contributed by atoms with Crippen molar-refractivity contribution in [3.8, 4) is 0 Å². The molecule has 0 saturated heterocycles. The van der Waals surface area contributed by atoms with Crippen LogP contribution in [-0.2, 0) is 9.84 Å². The third kappa shape index (κ3) is 1.45. The maximum Gasteiger partial charge on any atom is 0.246 e. The maximum atomic E-state index is 11.6. The van der Waals surface area contributed by atoms with Gasteiger partial charge in [-0.1, -0.05) is 8.98 Å². The second kappa shape index (κ2) is 3.09. The summed E-state index contributed by atoms with van der Waals surface area (Å²) in [5, 5.41) is 9.48. The van der Waals surface area contributed by atoms with Crippen molar-refractivity contribution in [2.45, 2.75) is 10.1 Å². The number of rotatable bonds is 2. The molecule has 0 spiro atoms. The third-order valence-electron chi connectivity index (χ3n) is 1.23. The van der Waals surface area contributed by atoms with Crippen LogP contribution in [0.4, 0.5) is 0 Å². The normalized spacial score (nSPS) is 11.7. The van der Waals surface area contributed by atoms with Gasteiger partial charge in [-0.2, -0.15) is 0 Å². The third-order valence-corrected chi connectivity index (χ3v) is 4.04. The van der Waals surface area contributed by atoms with E-state index in [4.69, 9.17) is 0 Å². The van der Waals surface area contributed by atoms with E-state index in [9.17, 15) is 8.42 Å². The summed E-state index contributed by atoms with van der Waals surface area (Å²) in [6.07, 6.45) is 0. The first-order chi connectivity index (χ1) is 6.21. The summed E-state index contributed by atoms with van der Waals surface area (Å²) in [5.41, 5.74) is 0. The van der Waals surface area contributed by atoms with Crippen molar-refractivity contribution in [2.24, 2.45) is 0 Å². The molecule has 0 aliphatic heterocycles. The van der Waals surface area contributed by atoms with Crippen LogP contribution in [-0.4, -0.2) is 27.6 Å². The molecule has 0 aliphatic rings. The van der Waals surface area contributed by atoms with E-state index >= 15 is 0 Å². The van der Waals surface area contributed by atoms with E-state index in [0.717, 1.165) is 23.1 Å². The lowest BCUT2D eigenvalue weighted by molar-refractivity contribution is 0.587. The minimum absolute atomic E-state index is 0.0785. The molecule has 2 aromatic rings. The minimum Gasteiger partial charge on any atom is -0.215 e. The van der Waals surface area contributed by atoms with Gasteiger partial charge in [0.05, 0.1) is 10.8 Å². The summed E-state index contributed by atoms with van der Waals surface area (Å²) in [5.74, 6) is 0. The van der Waals surface area contributed by atoms with Crippen molar-refractivity contribution < 1.29 is 8.42 Å². The molecule has 0 radical (unpaired) electrons. The van der Waals surface area contributed by atoms with E-state index < -0.39 is 9.84 Å². The molecular weight excluding hydrogens is 232 g/mol. The molecule has 0 aliphatic carbocycles. The van der Waals surface area contributed by atoms with E-state index in [2.05, 4.69) is 19.2 Å². The van der Waals surface area contributed by atoms with Crippen LogP contribution in [0.2, 0.25) is 0 Å². The molecule has 0 amide bonds. The molecule has 0 saturated carbocycles. The van der Waals surface area contributed by atoms with Gasteiger partial charge in [-0.15, -0.1) is 10.2 Å². The maximum absolute atomic E-state index is 11.6. The minimum atomic E-state index is -3.58. The lowest BCUT2D eigenvalue weighted by Crippen LogP contribution is -2.02. The lowest BCUT2D eigenvalue weighted by atomic mass is 11.0. The zero-order valence-corrected chi connectivity index (χ0v) is 8.43. The molecule has 0 aromatic carbocycles. The smallest absolute Gasteiger partial charge is 0.215 e. The Kier molecular flexibility index (Phi) is 2.06. The van der Waals surface area contributed by atoms with Gasteiger partial charge in [0.1, 0.15) is 0 Å². The van der Waals surface area contributed by atoms with Gasteiger partial charge in [0.25, 0.3) is 0 Å². The standard InChI is InChI=1S/C4H2N4O2S3/c9-13(10,3-1-11-7-5-3)4-2-12-8-6-4/h1-2H. The van der Waals surface area contributed by atoms with Crippen molar-refractivity contribution in [3.63, 3.8) is 0 Å². The summed E-state index contributed by atoms with van der Waals surface area (Å²) in [6.45, 7) is 0. The van der Waals surface area contributed by atoms with Gasteiger partial charge in [0.2, 0.25) is 9.84 Å². The Morgan fingerprint density at radius 1 is 1.00 bits per heavy atom. The first kappa shape index (κ1) is 8.66. The SMILES string of the molecule is O=S(=O)(c1csnn1)c1csnn1. The number of hydrogen-bond donors (Lipinski definition) is 0. The lowest BCUT2D eigenvalue weighted by Gasteiger charge is -1.91. The Balaban J connectivity index is 2.56. The second-order valence-corrected chi connectivity index (χ2v) is 5.05. The quantitative estimate of drug-likeness (QED) is 0.739. The Labute approximate surface area is 81.5 Å². The van der Waals surface area contributed by atoms with Crippen LogP contribution in [0.3, 0.4) is 0 Å². The van der Waals surface area contributed by atoms with Gasteiger partial charge in [-0.25, -0.2) is 8.42 Å². The first-order valence-electron chi connectivity index (χ1n) is 3.00. The average molecular weight is 234 g/mol. The Morgan fingerprint density at radius 2 is 1.46 bits per heavy atom. The van der Waals surface area contributed by atoms with Crippen LogP contribution < -0.4 is 0 Å². The van der Waals surface area contributed by atoms with Gasteiger partial charge in [0.15, 0.2) is 10.1 Å². The van der Waals surface area contributed by atoms with Gasteiger partial charge in [-0.3, -0.25) is 0 Å². The van der Waals surface area contributed by atoms with Gasteiger partial charge in [0, 0.05) is 0 Å². The first-order valence-corrected chi connectivity index (χ1v) is 6.16. The van der Waals surface area contributed by atoms with Gasteiger partial charge < -0.3 is 0 Å². The highest BCUT2D eigenvalue weighted by molar-refractivity contribution is 7.91. The number of hydrogen-bond acceptors (Lipinski definition) is 8. The van der Waals surface area contributed by atoms with E-state index in [1.807, 2.05) is 0 Å². The van der Waals surface area contributed by atoms with E-state index in [1.54, 1.807) is 0 Å². The second-order valence-electron chi connectivity index (χ2n) is 1.99. The van der Waals surface area contributed by atoms with Gasteiger partial charge >= 0.3 is 0 Å². The summed E-state index contributed by atoms with van der Waals surface area (Å²) in [6, 6.07) is 0. The largest absolute Gasteiger partial charge is 0.246 e. The Hall–Kier alpha value is -0.930. The molecule has 2 aromatic heterocycles. The fourth-order valence-electron chi connectivity index (χ4n) is 0.653. The molecule has 13 heavy (non-hydrogen) atoms. The molecule has 0 bridgehead atoms. The van der Waals surface area contributed by atoms with E-state index in [1.165, 1.54) is 10.8 Å². The fraction of sp³-hybridized carbons (Fsp3) is 0. The van der Waals surface area contributed by atoms with Crippen molar-refractivity contribution in [1.29, 1.82) is 0 Å². The summed E-state index contributed by atoms with van der Waals surface area (Å²) < 4.78 is 30.1. The van der Waals surface area contributed by atoms with Crippen LogP contribution >= 0.6 is 23.1 Å². The molecule has 68 valence electrons. The van der Waals surface area contributed by atoms with E-state index in [-0.39, 0.29) is 10.1 Å². The average Bonchev–Trinajstić information content (AvgIpc) is 2.78.